The molecule has 1 aliphatic carbocycles. The molecule has 2 aliphatic rings. The lowest BCUT2D eigenvalue weighted by Gasteiger charge is -2.39. The average molecular weight is 434 g/mol. The van der Waals surface area contributed by atoms with Crippen LogP contribution in [0.4, 0.5) is 0 Å². The lowest BCUT2D eigenvalue weighted by atomic mass is 9.65. The highest BCUT2D eigenvalue weighted by atomic mass is 35.5. The molecule has 1 saturated heterocycles. The number of rotatable bonds is 3. The van der Waals surface area contributed by atoms with Crippen molar-refractivity contribution in [2.45, 2.75) is 46.1 Å². The molecule has 1 aliphatic heterocycles. The molecule has 2 atom stereocenters. The van der Waals surface area contributed by atoms with E-state index in [0.29, 0.717) is 10.7 Å². The van der Waals surface area contributed by atoms with Gasteiger partial charge in [0, 0.05) is 23.2 Å². The Balaban J connectivity index is 1.57. The van der Waals surface area contributed by atoms with Crippen molar-refractivity contribution in [3.05, 3.63) is 71.4 Å². The maximum absolute atomic E-state index is 13.9. The molecule has 31 heavy (non-hydrogen) atoms. The predicted molar refractivity (Wildman–Crippen MR) is 125 cm³/mol. The second kappa shape index (κ2) is 7.23. The van der Waals surface area contributed by atoms with Gasteiger partial charge in [-0.2, -0.15) is 5.10 Å². The zero-order chi connectivity index (χ0) is 21.8. The lowest BCUT2D eigenvalue weighted by molar-refractivity contribution is 0.0699. The molecule has 0 radical (unpaired) electrons. The molecule has 2 heterocycles. The van der Waals surface area contributed by atoms with Gasteiger partial charge in [-0.1, -0.05) is 62.7 Å². The van der Waals surface area contributed by atoms with Gasteiger partial charge < -0.3 is 4.90 Å². The zero-order valence-corrected chi connectivity index (χ0v) is 19.1. The molecule has 3 aromatic rings. The fourth-order valence-electron chi connectivity index (χ4n) is 5.91. The van der Waals surface area contributed by atoms with Crippen LogP contribution in [0.5, 0.6) is 0 Å². The summed E-state index contributed by atoms with van der Waals surface area (Å²) in [6.45, 7) is 7.81. The van der Waals surface area contributed by atoms with E-state index in [2.05, 4.69) is 25.7 Å². The number of nitrogens with zero attached hydrogens (tertiary/aromatic N) is 3. The van der Waals surface area contributed by atoms with Crippen LogP contribution in [-0.4, -0.2) is 33.2 Å². The second-order valence-corrected chi connectivity index (χ2v) is 10.8. The molecule has 160 valence electrons. The number of amides is 1. The summed E-state index contributed by atoms with van der Waals surface area (Å²) in [5, 5.41) is 5.49. The fourth-order valence-corrected chi connectivity index (χ4v) is 6.03. The summed E-state index contributed by atoms with van der Waals surface area (Å²) in [5.41, 5.74) is 3.69. The van der Waals surface area contributed by atoms with Gasteiger partial charge in [0.1, 0.15) is 5.69 Å². The van der Waals surface area contributed by atoms with Crippen LogP contribution in [0, 0.1) is 10.8 Å². The van der Waals surface area contributed by atoms with Crippen LogP contribution in [0.15, 0.2) is 60.7 Å². The van der Waals surface area contributed by atoms with Crippen molar-refractivity contribution in [2.75, 3.05) is 6.54 Å². The largest absolute Gasteiger partial charge is 0.334 e. The van der Waals surface area contributed by atoms with E-state index in [9.17, 15) is 4.79 Å². The Morgan fingerprint density at radius 1 is 1.03 bits per heavy atom. The summed E-state index contributed by atoms with van der Waals surface area (Å²) >= 11 is 6.10. The minimum atomic E-state index is 0.0658. The Morgan fingerprint density at radius 2 is 1.74 bits per heavy atom. The number of halogens is 1. The fraction of sp³-hybridized carbons (Fsp3) is 0.385. The molecule has 1 amide bonds. The molecule has 2 unspecified atom stereocenters. The van der Waals surface area contributed by atoms with Gasteiger partial charge in [0.05, 0.1) is 11.4 Å². The van der Waals surface area contributed by atoms with E-state index in [1.165, 1.54) is 0 Å². The first-order valence-electron chi connectivity index (χ1n) is 11.0. The van der Waals surface area contributed by atoms with Gasteiger partial charge in [-0.05, 0) is 60.4 Å². The van der Waals surface area contributed by atoms with Gasteiger partial charge in [0.15, 0.2) is 0 Å². The molecular weight excluding hydrogens is 406 g/mol. The molecule has 5 rings (SSSR count). The summed E-state index contributed by atoms with van der Waals surface area (Å²) in [5.74, 6) is 0.0658. The van der Waals surface area contributed by atoms with Crippen molar-refractivity contribution in [1.82, 2.24) is 14.7 Å². The van der Waals surface area contributed by atoms with Crippen molar-refractivity contribution in [3.8, 4) is 16.9 Å². The van der Waals surface area contributed by atoms with Gasteiger partial charge in [0.2, 0.25) is 0 Å². The van der Waals surface area contributed by atoms with Crippen LogP contribution in [-0.2, 0) is 0 Å². The van der Waals surface area contributed by atoms with Gasteiger partial charge >= 0.3 is 0 Å². The second-order valence-electron chi connectivity index (χ2n) is 10.3. The van der Waals surface area contributed by atoms with E-state index in [0.717, 1.165) is 42.8 Å². The van der Waals surface area contributed by atoms with E-state index >= 15 is 0 Å². The summed E-state index contributed by atoms with van der Waals surface area (Å²) in [7, 11) is 0. The Labute approximate surface area is 188 Å². The first-order chi connectivity index (χ1) is 14.7. The highest BCUT2D eigenvalue weighted by molar-refractivity contribution is 6.30. The maximum Gasteiger partial charge on any atom is 0.272 e. The molecule has 2 bridgehead atoms. The monoisotopic (exact) mass is 433 g/mol. The van der Waals surface area contributed by atoms with Crippen LogP contribution in [0.1, 0.15) is 50.5 Å². The molecular formula is C26H28ClN3O. The molecule has 0 spiro atoms. The third-order valence-corrected chi connectivity index (χ3v) is 7.00. The van der Waals surface area contributed by atoms with Crippen LogP contribution in [0.25, 0.3) is 16.9 Å². The predicted octanol–water partition coefficient (Wildman–Crippen LogP) is 6.23. The Hall–Kier alpha value is -2.59. The maximum atomic E-state index is 13.9. The Bertz CT molecular complexity index is 1120. The number of fused-ring (bicyclic) bond motifs is 2. The number of likely N-dealkylation sites (tertiary alicyclic amines) is 1. The van der Waals surface area contributed by atoms with Crippen molar-refractivity contribution in [3.63, 3.8) is 0 Å². The van der Waals surface area contributed by atoms with E-state index in [1.54, 1.807) is 4.68 Å². The van der Waals surface area contributed by atoms with Crippen molar-refractivity contribution >= 4 is 17.5 Å². The minimum Gasteiger partial charge on any atom is -0.334 e. The molecule has 2 fully saturated rings. The topological polar surface area (TPSA) is 38.1 Å². The summed E-state index contributed by atoms with van der Waals surface area (Å²) in [6, 6.07) is 19.7. The molecule has 0 N–H and O–H groups in total. The number of carbonyl (C=O) groups excluding carboxylic acids is 1. The smallest absolute Gasteiger partial charge is 0.272 e. The zero-order valence-electron chi connectivity index (χ0n) is 18.3. The van der Waals surface area contributed by atoms with Crippen molar-refractivity contribution in [1.29, 1.82) is 0 Å². The number of benzene rings is 2. The summed E-state index contributed by atoms with van der Waals surface area (Å²) < 4.78 is 1.77. The summed E-state index contributed by atoms with van der Waals surface area (Å²) in [6.07, 6.45) is 3.30. The quantitative estimate of drug-likeness (QED) is 0.490. The molecule has 2 aromatic carbocycles. The first-order valence-corrected chi connectivity index (χ1v) is 11.3. The van der Waals surface area contributed by atoms with Gasteiger partial charge in [-0.25, -0.2) is 4.68 Å². The molecule has 4 nitrogen and oxygen atoms in total. The lowest BCUT2D eigenvalue weighted by Crippen LogP contribution is -2.38. The number of hydrogen-bond acceptors (Lipinski definition) is 2. The minimum absolute atomic E-state index is 0.0658. The molecule has 5 heteroatoms. The van der Waals surface area contributed by atoms with Crippen molar-refractivity contribution in [2.24, 2.45) is 10.8 Å². The number of hydrogen-bond donors (Lipinski definition) is 0. The molecule has 1 saturated carbocycles. The highest BCUT2D eigenvalue weighted by Gasteiger charge is 2.51. The van der Waals surface area contributed by atoms with E-state index < -0.39 is 0 Å². The van der Waals surface area contributed by atoms with Gasteiger partial charge in [-0.15, -0.1) is 0 Å². The van der Waals surface area contributed by atoms with Crippen molar-refractivity contribution < 1.29 is 4.79 Å². The number of carbonyl (C=O) groups is 1. The average Bonchev–Trinajstić information content (AvgIpc) is 3.27. The normalized spacial score (nSPS) is 24.4. The van der Waals surface area contributed by atoms with E-state index in [4.69, 9.17) is 16.7 Å². The Morgan fingerprint density at radius 3 is 2.45 bits per heavy atom. The molecule has 1 aromatic heterocycles. The first kappa shape index (κ1) is 20.3. The van der Waals surface area contributed by atoms with E-state index in [-0.39, 0.29) is 22.8 Å². The third-order valence-electron chi connectivity index (χ3n) is 6.74. The SMILES string of the molecule is CC1(C)CC2CC(C)(CN2C(=O)c2cc(-c3ccccc3)nn2-c2ccc(Cl)cc2)C1. The standard InChI is InChI=1S/C26H28ClN3O/c1-25(2)14-21-15-26(3,16-25)17-29(21)24(31)23-13-22(18-7-5-4-6-8-18)28-30(23)20-11-9-19(27)10-12-20/h4-13,21H,14-17H2,1-3H3. The van der Waals surface area contributed by atoms with Crippen LogP contribution in [0.3, 0.4) is 0 Å². The number of aromatic nitrogens is 2. The highest BCUT2D eigenvalue weighted by Crippen LogP contribution is 2.52. The van der Waals surface area contributed by atoms with Gasteiger partial charge in [-0.3, -0.25) is 4.79 Å². The van der Waals surface area contributed by atoms with Crippen LogP contribution < -0.4 is 0 Å². The van der Waals surface area contributed by atoms with Crippen LogP contribution in [0.2, 0.25) is 5.02 Å². The van der Waals surface area contributed by atoms with Crippen LogP contribution >= 0.6 is 11.6 Å². The summed E-state index contributed by atoms with van der Waals surface area (Å²) in [4.78, 5) is 16.0. The van der Waals surface area contributed by atoms with E-state index in [1.807, 2.05) is 60.7 Å². The van der Waals surface area contributed by atoms with Gasteiger partial charge in [0.25, 0.3) is 5.91 Å². The Kier molecular flexibility index (Phi) is 4.74. The third kappa shape index (κ3) is 3.78.